The highest BCUT2D eigenvalue weighted by molar-refractivity contribution is 9.10. The van der Waals surface area contributed by atoms with E-state index in [1.807, 2.05) is 41.3 Å². The van der Waals surface area contributed by atoms with Gasteiger partial charge in [0.1, 0.15) is 5.69 Å². The van der Waals surface area contributed by atoms with Crippen molar-refractivity contribution in [2.75, 3.05) is 26.2 Å². The number of hydrogen-bond acceptors (Lipinski definition) is 3. The maximum Gasteiger partial charge on any atom is 0.272 e. The maximum atomic E-state index is 12.8. The molecule has 0 atom stereocenters. The van der Waals surface area contributed by atoms with Crippen LogP contribution in [0, 0.1) is 0 Å². The molecule has 0 unspecified atom stereocenters. The summed E-state index contributed by atoms with van der Waals surface area (Å²) in [6, 6.07) is 20.1. The third-order valence-electron chi connectivity index (χ3n) is 4.80. The van der Waals surface area contributed by atoms with E-state index in [-0.39, 0.29) is 5.91 Å². The average Bonchev–Trinajstić information content (AvgIpc) is 2.69. The summed E-state index contributed by atoms with van der Waals surface area (Å²) < 4.78 is 1.10. The van der Waals surface area contributed by atoms with Crippen LogP contribution in [0.2, 0.25) is 0 Å². The van der Waals surface area contributed by atoms with Gasteiger partial charge in [-0.1, -0.05) is 52.3 Å². The fourth-order valence-corrected chi connectivity index (χ4v) is 3.57. The van der Waals surface area contributed by atoms with Gasteiger partial charge in [-0.15, -0.1) is 0 Å². The lowest BCUT2D eigenvalue weighted by Crippen LogP contribution is -2.48. The smallest absolute Gasteiger partial charge is 0.272 e. The van der Waals surface area contributed by atoms with Gasteiger partial charge in [0.2, 0.25) is 0 Å². The van der Waals surface area contributed by atoms with E-state index >= 15 is 0 Å². The van der Waals surface area contributed by atoms with Gasteiger partial charge < -0.3 is 4.90 Å². The molecule has 0 spiro atoms. The molecule has 4 nitrogen and oxygen atoms in total. The van der Waals surface area contributed by atoms with Crippen molar-refractivity contribution >= 4 is 32.7 Å². The summed E-state index contributed by atoms with van der Waals surface area (Å²) in [6.07, 6.45) is 0. The fraction of sp³-hybridized carbons (Fsp3) is 0.238. The average molecular weight is 410 g/mol. The van der Waals surface area contributed by atoms with Crippen LogP contribution in [0.15, 0.2) is 65.1 Å². The van der Waals surface area contributed by atoms with Crippen LogP contribution in [-0.4, -0.2) is 46.9 Å². The minimum atomic E-state index is 0.0269. The number of amides is 1. The molecule has 1 aliphatic heterocycles. The van der Waals surface area contributed by atoms with E-state index in [1.165, 1.54) is 5.56 Å². The summed E-state index contributed by atoms with van der Waals surface area (Å²) in [5.74, 6) is 0.0269. The number of carbonyl (C=O) groups excluding carboxylic acids is 1. The molecular formula is C21H20BrN3O. The summed E-state index contributed by atoms with van der Waals surface area (Å²) in [5.41, 5.74) is 2.70. The van der Waals surface area contributed by atoms with Gasteiger partial charge >= 0.3 is 0 Å². The number of nitrogens with zero attached hydrogens (tertiary/aromatic N) is 3. The summed E-state index contributed by atoms with van der Waals surface area (Å²) in [6.45, 7) is 4.17. The molecule has 4 rings (SSSR count). The molecule has 5 heteroatoms. The first-order valence-electron chi connectivity index (χ1n) is 8.81. The summed E-state index contributed by atoms with van der Waals surface area (Å²) in [5, 5.41) is 1.06. The molecule has 0 aliphatic carbocycles. The second-order valence-corrected chi connectivity index (χ2v) is 7.50. The van der Waals surface area contributed by atoms with Crippen molar-refractivity contribution in [2.24, 2.45) is 0 Å². The van der Waals surface area contributed by atoms with Crippen LogP contribution in [0.5, 0.6) is 0 Å². The predicted molar refractivity (Wildman–Crippen MR) is 107 cm³/mol. The highest BCUT2D eigenvalue weighted by atomic mass is 79.9. The number of aromatic nitrogens is 1. The molecule has 26 heavy (non-hydrogen) atoms. The van der Waals surface area contributed by atoms with Crippen LogP contribution in [0.4, 0.5) is 0 Å². The number of piperazine rings is 1. The molecule has 0 radical (unpaired) electrons. The molecule has 2 heterocycles. The molecule has 0 N–H and O–H groups in total. The normalized spacial score (nSPS) is 15.3. The van der Waals surface area contributed by atoms with E-state index in [4.69, 9.17) is 0 Å². The Hall–Kier alpha value is -2.24. The molecule has 3 aromatic rings. The lowest BCUT2D eigenvalue weighted by molar-refractivity contribution is 0.0623. The number of carbonyl (C=O) groups is 1. The molecule has 0 bridgehead atoms. The van der Waals surface area contributed by atoms with Crippen molar-refractivity contribution in [1.29, 1.82) is 0 Å². The van der Waals surface area contributed by atoms with Gasteiger partial charge in [-0.3, -0.25) is 9.69 Å². The number of pyridine rings is 1. The molecule has 1 fully saturated rings. The minimum absolute atomic E-state index is 0.0269. The van der Waals surface area contributed by atoms with E-state index in [2.05, 4.69) is 50.1 Å². The number of para-hydroxylation sites is 1. The number of hydrogen-bond donors (Lipinski definition) is 0. The maximum absolute atomic E-state index is 12.8. The van der Waals surface area contributed by atoms with E-state index < -0.39 is 0 Å². The lowest BCUT2D eigenvalue weighted by atomic mass is 10.1. The molecule has 1 aromatic heterocycles. The van der Waals surface area contributed by atoms with Crippen LogP contribution in [-0.2, 0) is 6.54 Å². The van der Waals surface area contributed by atoms with Gasteiger partial charge in [0, 0.05) is 42.6 Å². The highest BCUT2D eigenvalue weighted by Crippen LogP contribution is 2.16. The van der Waals surface area contributed by atoms with Gasteiger partial charge in [0.05, 0.1) is 5.52 Å². The number of rotatable bonds is 3. The summed E-state index contributed by atoms with van der Waals surface area (Å²) >= 11 is 3.47. The topological polar surface area (TPSA) is 36.4 Å². The number of benzene rings is 2. The SMILES string of the molecule is O=C(c1ccc2ccccc2n1)N1CCN(Cc2ccc(Br)cc2)CC1. The standard InChI is InChI=1S/C21H20BrN3O/c22-18-8-5-16(6-9-18)15-24-11-13-25(14-12-24)21(26)20-10-7-17-3-1-2-4-19(17)23-20/h1-10H,11-15H2. The van der Waals surface area contributed by atoms with Crippen molar-refractivity contribution in [3.8, 4) is 0 Å². The fourth-order valence-electron chi connectivity index (χ4n) is 3.30. The van der Waals surface area contributed by atoms with Crippen molar-refractivity contribution in [2.45, 2.75) is 6.54 Å². The van der Waals surface area contributed by atoms with Crippen molar-refractivity contribution in [3.63, 3.8) is 0 Å². The Morgan fingerprint density at radius 2 is 1.65 bits per heavy atom. The Balaban J connectivity index is 1.38. The third kappa shape index (κ3) is 3.79. The second kappa shape index (κ2) is 7.56. The first kappa shape index (κ1) is 17.2. The molecule has 1 aliphatic rings. The van der Waals surface area contributed by atoms with Crippen LogP contribution in [0.1, 0.15) is 16.1 Å². The number of fused-ring (bicyclic) bond motifs is 1. The van der Waals surface area contributed by atoms with Gasteiger partial charge in [-0.25, -0.2) is 4.98 Å². The van der Waals surface area contributed by atoms with Crippen LogP contribution < -0.4 is 0 Å². The monoisotopic (exact) mass is 409 g/mol. The van der Waals surface area contributed by atoms with E-state index in [0.717, 1.165) is 48.1 Å². The first-order chi connectivity index (χ1) is 12.7. The highest BCUT2D eigenvalue weighted by Gasteiger charge is 2.23. The second-order valence-electron chi connectivity index (χ2n) is 6.58. The molecule has 1 saturated heterocycles. The minimum Gasteiger partial charge on any atom is -0.335 e. The Bertz CT molecular complexity index is 918. The summed E-state index contributed by atoms with van der Waals surface area (Å²) in [7, 11) is 0. The molecule has 0 saturated carbocycles. The molecular weight excluding hydrogens is 390 g/mol. The van der Waals surface area contributed by atoms with E-state index in [1.54, 1.807) is 0 Å². The number of halogens is 1. The van der Waals surface area contributed by atoms with E-state index in [0.29, 0.717) is 5.69 Å². The van der Waals surface area contributed by atoms with Crippen LogP contribution >= 0.6 is 15.9 Å². The molecule has 2 aromatic carbocycles. The molecule has 1 amide bonds. The predicted octanol–water partition coefficient (Wildman–Crippen LogP) is 3.96. The van der Waals surface area contributed by atoms with Gasteiger partial charge in [-0.05, 0) is 29.8 Å². The Kier molecular flexibility index (Phi) is 5.00. The Labute approximate surface area is 161 Å². The van der Waals surface area contributed by atoms with Gasteiger partial charge in [0.25, 0.3) is 5.91 Å². The quantitative estimate of drug-likeness (QED) is 0.656. The van der Waals surface area contributed by atoms with Crippen LogP contribution in [0.25, 0.3) is 10.9 Å². The summed E-state index contributed by atoms with van der Waals surface area (Å²) in [4.78, 5) is 21.6. The van der Waals surface area contributed by atoms with Gasteiger partial charge in [-0.2, -0.15) is 0 Å². The van der Waals surface area contributed by atoms with Crippen molar-refractivity contribution < 1.29 is 4.79 Å². The lowest BCUT2D eigenvalue weighted by Gasteiger charge is -2.34. The van der Waals surface area contributed by atoms with Crippen molar-refractivity contribution in [3.05, 3.63) is 76.4 Å². The zero-order valence-electron chi connectivity index (χ0n) is 14.4. The van der Waals surface area contributed by atoms with Crippen molar-refractivity contribution in [1.82, 2.24) is 14.8 Å². The van der Waals surface area contributed by atoms with Gasteiger partial charge in [0.15, 0.2) is 0 Å². The third-order valence-corrected chi connectivity index (χ3v) is 5.33. The first-order valence-corrected chi connectivity index (χ1v) is 9.60. The molecule has 132 valence electrons. The van der Waals surface area contributed by atoms with E-state index in [9.17, 15) is 4.79 Å². The zero-order chi connectivity index (χ0) is 17.9. The Morgan fingerprint density at radius 3 is 2.42 bits per heavy atom. The van der Waals surface area contributed by atoms with Crippen LogP contribution in [0.3, 0.4) is 0 Å². The zero-order valence-corrected chi connectivity index (χ0v) is 16.0. The largest absolute Gasteiger partial charge is 0.335 e. The Morgan fingerprint density at radius 1 is 0.923 bits per heavy atom.